The van der Waals surface area contributed by atoms with Crippen molar-refractivity contribution < 1.29 is 13.9 Å². The number of hydrogen-bond acceptors (Lipinski definition) is 6. The third-order valence-electron chi connectivity index (χ3n) is 4.46. The largest absolute Gasteiger partial charge is 0.496 e. The molecule has 0 aliphatic heterocycles. The molecule has 2 aromatic carbocycles. The van der Waals surface area contributed by atoms with Crippen molar-refractivity contribution in [3.05, 3.63) is 82.8 Å². The molecule has 2 heterocycles. The van der Waals surface area contributed by atoms with Gasteiger partial charge in [0, 0.05) is 29.2 Å². The number of nitrogens with zero attached hydrogens (tertiary/aromatic N) is 4. The molecule has 0 atom stereocenters. The van der Waals surface area contributed by atoms with Crippen LogP contribution in [0, 0.1) is 5.82 Å². The highest BCUT2D eigenvalue weighted by molar-refractivity contribution is 9.10. The van der Waals surface area contributed by atoms with Crippen molar-refractivity contribution in [2.75, 3.05) is 12.9 Å². The molecule has 0 fully saturated rings. The number of ether oxygens (including phenoxy) is 1. The number of halogens is 2. The van der Waals surface area contributed by atoms with Crippen LogP contribution in [0.2, 0.25) is 0 Å². The van der Waals surface area contributed by atoms with Crippen LogP contribution in [0.4, 0.5) is 4.39 Å². The summed E-state index contributed by atoms with van der Waals surface area (Å²) in [7, 11) is 1.57. The van der Waals surface area contributed by atoms with Gasteiger partial charge in [0.1, 0.15) is 11.6 Å². The molecule has 0 aliphatic rings. The van der Waals surface area contributed by atoms with Gasteiger partial charge in [-0.15, -0.1) is 10.2 Å². The molecule has 0 amide bonds. The van der Waals surface area contributed by atoms with Crippen LogP contribution >= 0.6 is 27.7 Å². The Hall–Kier alpha value is -3.04. The Morgan fingerprint density at radius 3 is 2.52 bits per heavy atom. The van der Waals surface area contributed by atoms with E-state index in [1.165, 1.54) is 23.9 Å². The van der Waals surface area contributed by atoms with Gasteiger partial charge in [-0.25, -0.2) is 4.39 Å². The molecule has 0 aliphatic carbocycles. The Morgan fingerprint density at radius 1 is 1.10 bits per heavy atom. The van der Waals surface area contributed by atoms with Crippen LogP contribution in [0.5, 0.6) is 5.75 Å². The van der Waals surface area contributed by atoms with E-state index >= 15 is 0 Å². The second-order valence-corrected chi connectivity index (χ2v) is 8.21. The molecule has 0 saturated heterocycles. The Labute approximate surface area is 190 Å². The van der Waals surface area contributed by atoms with Crippen LogP contribution in [0.25, 0.3) is 17.1 Å². The molecule has 2 aromatic heterocycles. The number of aromatic nitrogens is 4. The fourth-order valence-corrected chi connectivity index (χ4v) is 4.31. The summed E-state index contributed by atoms with van der Waals surface area (Å²) in [4.78, 5) is 16.8. The highest BCUT2D eigenvalue weighted by Crippen LogP contribution is 2.30. The molecule has 4 aromatic rings. The zero-order valence-electron chi connectivity index (χ0n) is 16.3. The van der Waals surface area contributed by atoms with Gasteiger partial charge < -0.3 is 4.74 Å². The van der Waals surface area contributed by atoms with Gasteiger partial charge in [-0.3, -0.25) is 14.3 Å². The van der Waals surface area contributed by atoms with Crippen molar-refractivity contribution in [3.63, 3.8) is 0 Å². The maximum absolute atomic E-state index is 13.5. The Kier molecular flexibility index (Phi) is 6.43. The highest BCUT2D eigenvalue weighted by atomic mass is 79.9. The SMILES string of the molecule is COc1ccc(C(=O)CSc2nnc(-c3ccncc3)n2-c2ccc(F)cc2)cc1Br. The quantitative estimate of drug-likeness (QED) is 0.257. The molecule has 0 saturated carbocycles. The number of benzene rings is 2. The van der Waals surface area contributed by atoms with E-state index in [1.54, 1.807) is 54.4 Å². The summed E-state index contributed by atoms with van der Waals surface area (Å²) in [6, 6.07) is 14.9. The first-order chi connectivity index (χ1) is 15.1. The Bertz CT molecular complexity index is 1220. The molecule has 31 heavy (non-hydrogen) atoms. The maximum atomic E-state index is 13.5. The Balaban J connectivity index is 1.64. The number of carbonyl (C=O) groups is 1. The molecule has 0 N–H and O–H groups in total. The smallest absolute Gasteiger partial charge is 0.196 e. The first-order valence-corrected chi connectivity index (χ1v) is 11.0. The second kappa shape index (κ2) is 9.40. The predicted octanol–water partition coefficient (Wildman–Crippen LogP) is 5.21. The molecule has 0 radical (unpaired) electrons. The first-order valence-electron chi connectivity index (χ1n) is 9.18. The standard InChI is InChI=1S/C22H16BrFN4O2S/c1-30-20-7-2-15(12-18(20)23)19(29)13-31-22-27-26-21(14-8-10-25-11-9-14)28(22)17-5-3-16(24)4-6-17/h2-12H,13H2,1H3. The molecule has 0 spiro atoms. The fourth-order valence-electron chi connectivity index (χ4n) is 2.93. The number of hydrogen-bond donors (Lipinski definition) is 0. The van der Waals surface area contributed by atoms with Crippen molar-refractivity contribution in [1.29, 1.82) is 0 Å². The monoisotopic (exact) mass is 498 g/mol. The average Bonchev–Trinajstić information content (AvgIpc) is 3.22. The lowest BCUT2D eigenvalue weighted by Gasteiger charge is -2.10. The summed E-state index contributed by atoms with van der Waals surface area (Å²) in [6.07, 6.45) is 3.33. The van der Waals surface area contributed by atoms with Gasteiger partial charge in [-0.2, -0.15) is 0 Å². The lowest BCUT2D eigenvalue weighted by Crippen LogP contribution is -2.05. The molecule has 0 unspecified atom stereocenters. The lowest BCUT2D eigenvalue weighted by atomic mass is 10.1. The molecular weight excluding hydrogens is 483 g/mol. The van der Waals surface area contributed by atoms with Gasteiger partial charge in [-0.05, 0) is 70.5 Å². The van der Waals surface area contributed by atoms with Gasteiger partial charge in [0.25, 0.3) is 0 Å². The summed E-state index contributed by atoms with van der Waals surface area (Å²) in [6.45, 7) is 0. The molecular formula is C22H16BrFN4O2S. The van der Waals surface area contributed by atoms with Crippen molar-refractivity contribution in [2.24, 2.45) is 0 Å². The van der Waals surface area contributed by atoms with Gasteiger partial charge in [0.2, 0.25) is 0 Å². The number of rotatable bonds is 7. The summed E-state index contributed by atoms with van der Waals surface area (Å²) < 4.78 is 21.2. The van der Waals surface area contributed by atoms with E-state index in [4.69, 9.17) is 4.74 Å². The number of ketones is 1. The first kappa shape index (κ1) is 21.2. The fraction of sp³-hybridized carbons (Fsp3) is 0.0909. The van der Waals surface area contributed by atoms with E-state index < -0.39 is 0 Å². The average molecular weight is 499 g/mol. The zero-order chi connectivity index (χ0) is 21.8. The van der Waals surface area contributed by atoms with Gasteiger partial charge in [0.05, 0.1) is 17.3 Å². The van der Waals surface area contributed by atoms with E-state index in [2.05, 4.69) is 31.1 Å². The summed E-state index contributed by atoms with van der Waals surface area (Å²) in [5.41, 5.74) is 2.06. The number of thioether (sulfide) groups is 1. The van der Waals surface area contributed by atoms with E-state index in [-0.39, 0.29) is 17.4 Å². The number of methoxy groups -OCH3 is 1. The van der Waals surface area contributed by atoms with Crippen LogP contribution in [-0.4, -0.2) is 38.4 Å². The maximum Gasteiger partial charge on any atom is 0.196 e. The van der Waals surface area contributed by atoms with Gasteiger partial charge in [-0.1, -0.05) is 11.8 Å². The van der Waals surface area contributed by atoms with E-state index in [1.807, 2.05) is 12.1 Å². The second-order valence-electron chi connectivity index (χ2n) is 6.42. The van der Waals surface area contributed by atoms with Crippen molar-refractivity contribution in [2.45, 2.75) is 5.16 Å². The molecule has 9 heteroatoms. The summed E-state index contributed by atoms with van der Waals surface area (Å²) >= 11 is 4.67. The molecule has 0 bridgehead atoms. The molecule has 4 rings (SSSR count). The molecule has 6 nitrogen and oxygen atoms in total. The van der Waals surface area contributed by atoms with Crippen molar-refractivity contribution in [1.82, 2.24) is 19.7 Å². The van der Waals surface area contributed by atoms with Crippen molar-refractivity contribution >= 4 is 33.5 Å². The topological polar surface area (TPSA) is 69.9 Å². The van der Waals surface area contributed by atoms with Crippen LogP contribution < -0.4 is 4.74 Å². The van der Waals surface area contributed by atoms with Crippen molar-refractivity contribution in [3.8, 4) is 22.8 Å². The minimum atomic E-state index is -0.336. The number of Topliss-reactive ketones (excluding diaryl/α,β-unsaturated/α-hetero) is 1. The van der Waals surface area contributed by atoms with E-state index in [0.717, 1.165) is 5.56 Å². The third kappa shape index (κ3) is 4.67. The summed E-state index contributed by atoms with van der Waals surface area (Å²) in [5, 5.41) is 9.12. The normalized spacial score (nSPS) is 10.8. The van der Waals surface area contributed by atoms with Gasteiger partial charge >= 0.3 is 0 Å². The Morgan fingerprint density at radius 2 is 1.84 bits per heavy atom. The number of pyridine rings is 1. The summed E-state index contributed by atoms with van der Waals surface area (Å²) in [5.74, 6) is 0.997. The highest BCUT2D eigenvalue weighted by Gasteiger charge is 2.18. The van der Waals surface area contributed by atoms with Crippen LogP contribution in [0.15, 0.2) is 76.6 Å². The minimum Gasteiger partial charge on any atom is -0.496 e. The molecule has 156 valence electrons. The van der Waals surface area contributed by atoms with E-state index in [0.29, 0.717) is 32.5 Å². The minimum absolute atomic E-state index is 0.0625. The zero-order valence-corrected chi connectivity index (χ0v) is 18.7. The van der Waals surface area contributed by atoms with Crippen LogP contribution in [-0.2, 0) is 0 Å². The number of carbonyl (C=O) groups excluding carboxylic acids is 1. The lowest BCUT2D eigenvalue weighted by molar-refractivity contribution is 0.102. The van der Waals surface area contributed by atoms with E-state index in [9.17, 15) is 9.18 Å². The van der Waals surface area contributed by atoms with Crippen LogP contribution in [0.3, 0.4) is 0 Å². The van der Waals surface area contributed by atoms with Crippen LogP contribution in [0.1, 0.15) is 10.4 Å². The van der Waals surface area contributed by atoms with Gasteiger partial charge in [0.15, 0.2) is 16.8 Å². The predicted molar refractivity (Wildman–Crippen MR) is 120 cm³/mol. The third-order valence-corrected chi connectivity index (χ3v) is 6.01.